The zero-order valence-electron chi connectivity index (χ0n) is 12.4. The molecular weight excluding hydrogens is 226 g/mol. The van der Waals surface area contributed by atoms with Gasteiger partial charge in [-0.1, -0.05) is 6.92 Å². The second-order valence-electron chi connectivity index (χ2n) is 5.05. The molecule has 1 atom stereocenters. The van der Waals surface area contributed by atoms with Gasteiger partial charge in [-0.05, 0) is 40.2 Å². The molecule has 106 valence electrons. The number of carbonyl (C=O) groups is 1. The van der Waals surface area contributed by atoms with Gasteiger partial charge in [0.25, 0.3) is 0 Å². The van der Waals surface area contributed by atoms with E-state index in [2.05, 4.69) is 17.1 Å². The highest BCUT2D eigenvalue weighted by molar-refractivity contribution is 5.81. The van der Waals surface area contributed by atoms with Gasteiger partial charge in [0.1, 0.15) is 0 Å². The van der Waals surface area contributed by atoms with Crippen LogP contribution >= 0.6 is 0 Å². The van der Waals surface area contributed by atoms with Crippen molar-refractivity contribution in [3.05, 3.63) is 0 Å². The number of carbonyl (C=O) groups excluding carboxylic acids is 1. The molecule has 1 rings (SSSR count). The van der Waals surface area contributed by atoms with Gasteiger partial charge >= 0.3 is 0 Å². The van der Waals surface area contributed by atoms with Crippen molar-refractivity contribution < 1.29 is 4.79 Å². The quantitative estimate of drug-likeness (QED) is 0.675. The van der Waals surface area contributed by atoms with Gasteiger partial charge in [0.05, 0.1) is 6.04 Å². The van der Waals surface area contributed by atoms with E-state index in [0.29, 0.717) is 0 Å². The Morgan fingerprint density at radius 2 is 1.83 bits per heavy atom. The van der Waals surface area contributed by atoms with E-state index >= 15 is 0 Å². The third-order valence-electron chi connectivity index (χ3n) is 3.76. The predicted octanol–water partition coefficient (Wildman–Crippen LogP) is 1.32. The van der Waals surface area contributed by atoms with Crippen LogP contribution in [0.1, 0.15) is 40.5 Å². The average molecular weight is 255 g/mol. The summed E-state index contributed by atoms with van der Waals surface area (Å²) in [5.74, 6) is 0.217. The Morgan fingerprint density at radius 1 is 1.22 bits per heavy atom. The molecule has 1 aliphatic carbocycles. The van der Waals surface area contributed by atoms with Gasteiger partial charge in [-0.3, -0.25) is 9.69 Å². The van der Waals surface area contributed by atoms with Gasteiger partial charge in [0.15, 0.2) is 0 Å². The molecule has 4 nitrogen and oxygen atoms in total. The number of nitrogens with zero attached hydrogens (tertiary/aromatic N) is 2. The summed E-state index contributed by atoms with van der Waals surface area (Å²) in [5.41, 5.74) is 0. The van der Waals surface area contributed by atoms with Crippen LogP contribution in [0.15, 0.2) is 0 Å². The molecule has 18 heavy (non-hydrogen) atoms. The smallest absolute Gasteiger partial charge is 0.239 e. The van der Waals surface area contributed by atoms with E-state index < -0.39 is 0 Å². The van der Waals surface area contributed by atoms with Crippen molar-refractivity contribution >= 4 is 5.91 Å². The van der Waals surface area contributed by atoms with Crippen molar-refractivity contribution in [3.63, 3.8) is 0 Å². The molecule has 1 fully saturated rings. The second kappa shape index (κ2) is 7.74. The molecule has 1 saturated carbocycles. The fraction of sp³-hybridized carbons (Fsp3) is 0.929. The fourth-order valence-electron chi connectivity index (χ4n) is 2.36. The summed E-state index contributed by atoms with van der Waals surface area (Å²) in [7, 11) is 0. The Labute approximate surface area is 112 Å². The summed E-state index contributed by atoms with van der Waals surface area (Å²) in [6, 6.07) is 0.744. The summed E-state index contributed by atoms with van der Waals surface area (Å²) in [6.07, 6.45) is 2.70. The third kappa shape index (κ3) is 4.58. The van der Waals surface area contributed by atoms with Gasteiger partial charge in [-0.25, -0.2) is 0 Å². The van der Waals surface area contributed by atoms with Crippen LogP contribution in [0.25, 0.3) is 0 Å². The summed E-state index contributed by atoms with van der Waals surface area (Å²) in [6.45, 7) is 12.9. The Balaban J connectivity index is 2.22. The van der Waals surface area contributed by atoms with Crippen molar-refractivity contribution in [2.45, 2.75) is 52.6 Å². The molecule has 0 bridgehead atoms. The summed E-state index contributed by atoms with van der Waals surface area (Å²) >= 11 is 0. The Bertz CT molecular complexity index is 249. The molecule has 0 heterocycles. The van der Waals surface area contributed by atoms with Gasteiger partial charge < -0.3 is 10.2 Å². The van der Waals surface area contributed by atoms with E-state index in [4.69, 9.17) is 0 Å². The van der Waals surface area contributed by atoms with Crippen molar-refractivity contribution in [2.75, 3.05) is 32.7 Å². The minimum absolute atomic E-state index is 0.0668. The van der Waals surface area contributed by atoms with Crippen molar-refractivity contribution in [3.8, 4) is 0 Å². The maximum absolute atomic E-state index is 12.0. The van der Waals surface area contributed by atoms with Crippen LogP contribution in [-0.2, 0) is 4.79 Å². The van der Waals surface area contributed by atoms with Crippen LogP contribution in [0, 0.1) is 0 Å². The first kappa shape index (κ1) is 15.4. The number of rotatable bonds is 9. The number of amides is 1. The molecule has 4 heteroatoms. The fourth-order valence-corrected chi connectivity index (χ4v) is 2.36. The van der Waals surface area contributed by atoms with Crippen LogP contribution < -0.4 is 5.32 Å². The molecule has 0 spiro atoms. The van der Waals surface area contributed by atoms with Crippen molar-refractivity contribution in [1.29, 1.82) is 0 Å². The maximum Gasteiger partial charge on any atom is 0.239 e. The van der Waals surface area contributed by atoms with E-state index in [1.807, 2.05) is 25.7 Å². The van der Waals surface area contributed by atoms with Crippen molar-refractivity contribution in [1.82, 2.24) is 15.1 Å². The summed E-state index contributed by atoms with van der Waals surface area (Å²) < 4.78 is 0. The first-order valence-electron chi connectivity index (χ1n) is 7.40. The number of nitrogens with one attached hydrogen (secondary N) is 1. The van der Waals surface area contributed by atoms with Gasteiger partial charge in [0.2, 0.25) is 5.91 Å². The third-order valence-corrected chi connectivity index (χ3v) is 3.76. The molecule has 0 aromatic heterocycles. The summed E-state index contributed by atoms with van der Waals surface area (Å²) in [5, 5.41) is 3.35. The highest BCUT2D eigenvalue weighted by Crippen LogP contribution is 2.25. The van der Waals surface area contributed by atoms with Gasteiger partial charge in [0, 0.05) is 32.2 Å². The normalized spacial score (nSPS) is 16.9. The van der Waals surface area contributed by atoms with Crippen LogP contribution in [-0.4, -0.2) is 60.5 Å². The van der Waals surface area contributed by atoms with Crippen LogP contribution in [0.4, 0.5) is 0 Å². The maximum atomic E-state index is 12.0. The molecule has 1 amide bonds. The lowest BCUT2D eigenvalue weighted by Crippen LogP contribution is -2.46. The molecule has 0 aromatic carbocycles. The van der Waals surface area contributed by atoms with E-state index in [1.165, 1.54) is 12.8 Å². The van der Waals surface area contributed by atoms with Gasteiger partial charge in [-0.15, -0.1) is 0 Å². The highest BCUT2D eigenvalue weighted by atomic mass is 16.2. The Hall–Kier alpha value is -0.610. The molecule has 1 aliphatic rings. The molecule has 0 radical (unpaired) electrons. The van der Waals surface area contributed by atoms with Crippen molar-refractivity contribution in [2.24, 2.45) is 0 Å². The van der Waals surface area contributed by atoms with Gasteiger partial charge in [-0.2, -0.15) is 0 Å². The zero-order valence-corrected chi connectivity index (χ0v) is 12.4. The molecular formula is C14H29N3O. The first-order valence-corrected chi connectivity index (χ1v) is 7.40. The predicted molar refractivity (Wildman–Crippen MR) is 75.7 cm³/mol. The van der Waals surface area contributed by atoms with Crippen LogP contribution in [0.5, 0.6) is 0 Å². The molecule has 0 saturated heterocycles. The molecule has 0 aliphatic heterocycles. The Morgan fingerprint density at radius 3 is 2.28 bits per heavy atom. The monoisotopic (exact) mass is 255 g/mol. The van der Waals surface area contributed by atoms with Crippen LogP contribution in [0.3, 0.4) is 0 Å². The minimum Gasteiger partial charge on any atom is -0.342 e. The molecule has 0 aromatic rings. The van der Waals surface area contributed by atoms with E-state index in [1.54, 1.807) is 0 Å². The van der Waals surface area contributed by atoms with E-state index in [-0.39, 0.29) is 11.9 Å². The SMILES string of the molecule is CCN(CC)C(=O)C(C)NCCN(CC)C1CC1. The van der Waals surface area contributed by atoms with E-state index in [9.17, 15) is 4.79 Å². The molecule has 1 N–H and O–H groups in total. The lowest BCUT2D eigenvalue weighted by Gasteiger charge is -2.25. The largest absolute Gasteiger partial charge is 0.342 e. The average Bonchev–Trinajstić information content (AvgIpc) is 3.20. The Kier molecular flexibility index (Phi) is 6.65. The minimum atomic E-state index is -0.0668. The molecule has 1 unspecified atom stereocenters. The van der Waals surface area contributed by atoms with E-state index in [0.717, 1.165) is 38.8 Å². The lowest BCUT2D eigenvalue weighted by atomic mass is 10.2. The lowest BCUT2D eigenvalue weighted by molar-refractivity contribution is -0.132. The standard InChI is InChI=1S/C14H29N3O/c1-5-16(6-2)14(18)12(4)15-10-11-17(7-3)13-8-9-13/h12-13,15H,5-11H2,1-4H3. The highest BCUT2D eigenvalue weighted by Gasteiger charge is 2.27. The summed E-state index contributed by atoms with van der Waals surface area (Å²) in [4.78, 5) is 16.4. The second-order valence-corrected chi connectivity index (χ2v) is 5.05. The van der Waals surface area contributed by atoms with Crippen LogP contribution in [0.2, 0.25) is 0 Å². The number of hydrogen-bond donors (Lipinski definition) is 1. The topological polar surface area (TPSA) is 35.6 Å². The number of hydrogen-bond acceptors (Lipinski definition) is 3. The number of likely N-dealkylation sites (N-methyl/N-ethyl adjacent to an activating group) is 2. The first-order chi connectivity index (χ1) is 8.63. The zero-order chi connectivity index (χ0) is 13.5.